The molecule has 1 aromatic carbocycles. The summed E-state index contributed by atoms with van der Waals surface area (Å²) in [5, 5.41) is 3.54. The number of rotatable bonds is 7. The minimum Gasteiger partial charge on any atom is -0.385 e. The lowest BCUT2D eigenvalue weighted by molar-refractivity contribution is 0.0941. The van der Waals surface area contributed by atoms with E-state index in [9.17, 15) is 13.2 Å². The molecule has 2 aromatic rings. The first kappa shape index (κ1) is 18.4. The summed E-state index contributed by atoms with van der Waals surface area (Å²) in [6, 6.07) is 6.56. The van der Waals surface area contributed by atoms with Crippen molar-refractivity contribution in [1.29, 1.82) is 0 Å². The Labute approximate surface area is 142 Å². The average Bonchev–Trinajstić information content (AvgIpc) is 2.88. The van der Waals surface area contributed by atoms with Crippen molar-refractivity contribution in [3.05, 3.63) is 30.0 Å². The largest absolute Gasteiger partial charge is 0.385 e. The van der Waals surface area contributed by atoms with Gasteiger partial charge in [0.2, 0.25) is 10.0 Å². The van der Waals surface area contributed by atoms with Gasteiger partial charge in [-0.15, -0.1) is 0 Å². The number of aryl methyl sites for hydroxylation is 1. The predicted octanol–water partition coefficient (Wildman–Crippen LogP) is 1.19. The molecule has 0 saturated heterocycles. The SMILES string of the molecule is COCCCNC(=O)c1cc2cc(S(=O)(=O)N(C)C)ccc2n1C. The number of nitrogens with one attached hydrogen (secondary N) is 1. The standard InChI is InChI=1S/C16H23N3O4S/c1-18(2)24(21,22)13-6-7-14-12(10-13)11-15(19(14)3)16(20)17-8-5-9-23-4/h6-7,10-11H,5,8-9H2,1-4H3,(H,17,20). The number of methoxy groups -OCH3 is 1. The highest BCUT2D eigenvalue weighted by molar-refractivity contribution is 7.89. The Morgan fingerprint density at radius 1 is 1.29 bits per heavy atom. The first-order valence-electron chi connectivity index (χ1n) is 7.58. The van der Waals surface area contributed by atoms with E-state index in [-0.39, 0.29) is 10.8 Å². The molecule has 0 bridgehead atoms. The summed E-state index contributed by atoms with van der Waals surface area (Å²) in [6.45, 7) is 1.11. The summed E-state index contributed by atoms with van der Waals surface area (Å²) in [5.74, 6) is -0.193. The van der Waals surface area contributed by atoms with Gasteiger partial charge in [0.05, 0.1) is 4.90 Å². The number of hydrogen-bond acceptors (Lipinski definition) is 4. The average molecular weight is 353 g/mol. The molecular weight excluding hydrogens is 330 g/mol. The van der Waals surface area contributed by atoms with Crippen LogP contribution in [0.1, 0.15) is 16.9 Å². The fourth-order valence-corrected chi connectivity index (χ4v) is 3.36. The molecule has 0 radical (unpaired) electrons. The first-order chi connectivity index (χ1) is 11.3. The Morgan fingerprint density at radius 2 is 2.00 bits per heavy atom. The molecule has 1 amide bonds. The van der Waals surface area contributed by atoms with Crippen LogP contribution in [0.3, 0.4) is 0 Å². The maximum Gasteiger partial charge on any atom is 0.267 e. The van der Waals surface area contributed by atoms with E-state index in [4.69, 9.17) is 4.74 Å². The lowest BCUT2D eigenvalue weighted by Gasteiger charge is -2.11. The second-order valence-corrected chi connectivity index (χ2v) is 7.85. The molecule has 0 aliphatic rings. The molecule has 0 saturated carbocycles. The van der Waals surface area contributed by atoms with Crippen LogP contribution in [0.4, 0.5) is 0 Å². The Bertz CT molecular complexity index is 840. The Morgan fingerprint density at radius 3 is 2.62 bits per heavy atom. The van der Waals surface area contributed by atoms with E-state index in [1.807, 2.05) is 0 Å². The van der Waals surface area contributed by atoms with Gasteiger partial charge in [-0.1, -0.05) is 0 Å². The van der Waals surface area contributed by atoms with E-state index >= 15 is 0 Å². The number of sulfonamides is 1. The fraction of sp³-hybridized carbons (Fsp3) is 0.438. The van der Waals surface area contributed by atoms with Crippen LogP contribution >= 0.6 is 0 Å². The number of carbonyl (C=O) groups excluding carboxylic acids is 1. The molecule has 132 valence electrons. The minimum absolute atomic E-state index is 0.193. The van der Waals surface area contributed by atoms with E-state index in [2.05, 4.69) is 5.32 Å². The second-order valence-electron chi connectivity index (χ2n) is 5.70. The van der Waals surface area contributed by atoms with Crippen molar-refractivity contribution in [2.45, 2.75) is 11.3 Å². The number of hydrogen-bond donors (Lipinski definition) is 1. The van der Waals surface area contributed by atoms with E-state index in [0.717, 1.165) is 11.9 Å². The molecule has 7 nitrogen and oxygen atoms in total. The van der Waals surface area contributed by atoms with Crippen LogP contribution in [0.2, 0.25) is 0 Å². The second kappa shape index (κ2) is 7.33. The van der Waals surface area contributed by atoms with Gasteiger partial charge < -0.3 is 14.6 Å². The predicted molar refractivity (Wildman–Crippen MR) is 92.6 cm³/mol. The summed E-state index contributed by atoms with van der Waals surface area (Å²) < 4.78 is 32.3. The van der Waals surface area contributed by atoms with Crippen LogP contribution < -0.4 is 5.32 Å². The smallest absolute Gasteiger partial charge is 0.267 e. The van der Waals surface area contributed by atoms with Crippen LogP contribution in [-0.4, -0.2) is 57.6 Å². The molecule has 2 rings (SSSR count). The number of amides is 1. The van der Waals surface area contributed by atoms with Crippen molar-refractivity contribution in [3.8, 4) is 0 Å². The molecule has 0 spiro atoms. The molecule has 0 aliphatic carbocycles. The molecule has 0 aliphatic heterocycles. The molecular formula is C16H23N3O4S. The normalized spacial score (nSPS) is 12.0. The molecule has 0 unspecified atom stereocenters. The Hall–Kier alpha value is -1.90. The summed E-state index contributed by atoms with van der Waals surface area (Å²) >= 11 is 0. The third-order valence-electron chi connectivity index (χ3n) is 3.84. The van der Waals surface area contributed by atoms with Gasteiger partial charge in [0.25, 0.3) is 5.91 Å². The topological polar surface area (TPSA) is 80.6 Å². The lowest BCUT2D eigenvalue weighted by atomic mass is 10.2. The molecule has 1 aromatic heterocycles. The van der Waals surface area contributed by atoms with E-state index < -0.39 is 10.0 Å². The maximum atomic E-state index is 12.3. The molecule has 1 N–H and O–H groups in total. The van der Waals surface area contributed by atoms with Gasteiger partial charge in [-0.3, -0.25) is 4.79 Å². The van der Waals surface area contributed by atoms with Crippen LogP contribution in [0.15, 0.2) is 29.2 Å². The summed E-state index contributed by atoms with van der Waals surface area (Å²) in [4.78, 5) is 12.5. The molecule has 0 atom stereocenters. The highest BCUT2D eigenvalue weighted by atomic mass is 32.2. The van der Waals surface area contributed by atoms with Crippen molar-refractivity contribution in [2.24, 2.45) is 7.05 Å². The summed E-state index contributed by atoms with van der Waals surface area (Å²) in [7, 11) is 2.88. The van der Waals surface area contributed by atoms with E-state index in [0.29, 0.717) is 24.2 Å². The fourth-order valence-electron chi connectivity index (χ4n) is 2.43. The molecule has 8 heteroatoms. The first-order valence-corrected chi connectivity index (χ1v) is 9.02. The number of fused-ring (bicyclic) bond motifs is 1. The Kier molecular flexibility index (Phi) is 5.63. The zero-order valence-electron chi connectivity index (χ0n) is 14.4. The summed E-state index contributed by atoms with van der Waals surface area (Å²) in [5.41, 5.74) is 1.29. The quantitative estimate of drug-likeness (QED) is 0.759. The maximum absolute atomic E-state index is 12.3. The van der Waals surface area contributed by atoms with Crippen molar-refractivity contribution < 1.29 is 17.9 Å². The molecule has 0 fully saturated rings. The number of aromatic nitrogens is 1. The van der Waals surface area contributed by atoms with Crippen molar-refractivity contribution in [2.75, 3.05) is 34.4 Å². The van der Waals surface area contributed by atoms with Crippen LogP contribution in [0.5, 0.6) is 0 Å². The lowest BCUT2D eigenvalue weighted by Crippen LogP contribution is -2.26. The van der Waals surface area contributed by atoms with Crippen molar-refractivity contribution >= 4 is 26.8 Å². The summed E-state index contributed by atoms with van der Waals surface area (Å²) in [6.07, 6.45) is 0.734. The van der Waals surface area contributed by atoms with Gasteiger partial charge in [-0.25, -0.2) is 12.7 Å². The highest BCUT2D eigenvalue weighted by Crippen LogP contribution is 2.23. The zero-order valence-corrected chi connectivity index (χ0v) is 15.2. The monoisotopic (exact) mass is 353 g/mol. The van der Waals surface area contributed by atoms with Gasteiger partial charge in [-0.2, -0.15) is 0 Å². The molecule has 24 heavy (non-hydrogen) atoms. The number of nitrogens with zero attached hydrogens (tertiary/aromatic N) is 2. The van der Waals surface area contributed by atoms with Gasteiger partial charge in [0.1, 0.15) is 5.69 Å². The third-order valence-corrected chi connectivity index (χ3v) is 5.65. The van der Waals surface area contributed by atoms with Crippen molar-refractivity contribution in [1.82, 2.24) is 14.2 Å². The van der Waals surface area contributed by atoms with Crippen LogP contribution in [0.25, 0.3) is 10.9 Å². The van der Waals surface area contributed by atoms with E-state index in [1.165, 1.54) is 18.4 Å². The van der Waals surface area contributed by atoms with E-state index in [1.54, 1.807) is 43.0 Å². The number of benzene rings is 1. The van der Waals surface area contributed by atoms with Crippen LogP contribution in [0, 0.1) is 0 Å². The third kappa shape index (κ3) is 3.61. The number of ether oxygens (including phenoxy) is 1. The van der Waals surface area contributed by atoms with Crippen molar-refractivity contribution in [3.63, 3.8) is 0 Å². The van der Waals surface area contributed by atoms with Gasteiger partial charge in [-0.05, 0) is 30.7 Å². The van der Waals surface area contributed by atoms with Gasteiger partial charge in [0.15, 0.2) is 0 Å². The van der Waals surface area contributed by atoms with Gasteiger partial charge in [0, 0.05) is 52.3 Å². The Balaban J connectivity index is 2.31. The van der Waals surface area contributed by atoms with Gasteiger partial charge >= 0.3 is 0 Å². The van der Waals surface area contributed by atoms with Crippen LogP contribution in [-0.2, 0) is 21.8 Å². The minimum atomic E-state index is -3.50. The zero-order chi connectivity index (χ0) is 17.9. The highest BCUT2D eigenvalue weighted by Gasteiger charge is 2.19. The number of carbonyl (C=O) groups is 1. The molecule has 1 heterocycles.